The fourth-order valence-corrected chi connectivity index (χ4v) is 1.72. The molecule has 0 spiro atoms. The molecule has 0 atom stereocenters. The molecular formula is C10H13N3. The van der Waals surface area contributed by atoms with Crippen molar-refractivity contribution in [1.82, 2.24) is 9.78 Å². The van der Waals surface area contributed by atoms with Crippen LogP contribution in [0.2, 0.25) is 0 Å². The summed E-state index contributed by atoms with van der Waals surface area (Å²) in [5, 5.41) is 5.40. The van der Waals surface area contributed by atoms with E-state index in [1.54, 1.807) is 0 Å². The SMILES string of the molecule is CCn1ncc2cc(N)cc(C)c21. The van der Waals surface area contributed by atoms with Crippen molar-refractivity contribution in [3.8, 4) is 0 Å². The standard InChI is InChI=1S/C10H13N3/c1-3-13-10-7(2)4-9(11)5-8(10)6-12-13/h4-6H,3,11H2,1-2H3. The molecule has 3 nitrogen and oxygen atoms in total. The highest BCUT2D eigenvalue weighted by molar-refractivity contribution is 5.85. The summed E-state index contributed by atoms with van der Waals surface area (Å²) in [5.74, 6) is 0. The number of aryl methyl sites for hydroxylation is 2. The molecule has 0 saturated carbocycles. The number of nitrogens with two attached hydrogens (primary N) is 1. The molecule has 0 saturated heterocycles. The summed E-state index contributed by atoms with van der Waals surface area (Å²) in [7, 11) is 0. The van der Waals surface area contributed by atoms with Crippen molar-refractivity contribution in [3.05, 3.63) is 23.9 Å². The van der Waals surface area contributed by atoms with E-state index in [0.717, 1.165) is 17.6 Å². The van der Waals surface area contributed by atoms with Gasteiger partial charge in [-0.05, 0) is 31.5 Å². The third kappa shape index (κ3) is 1.16. The summed E-state index contributed by atoms with van der Waals surface area (Å²) in [6.07, 6.45) is 1.86. The van der Waals surface area contributed by atoms with Gasteiger partial charge in [-0.3, -0.25) is 4.68 Å². The van der Waals surface area contributed by atoms with Crippen LogP contribution in [0.4, 0.5) is 5.69 Å². The van der Waals surface area contributed by atoms with Crippen molar-refractivity contribution in [2.24, 2.45) is 0 Å². The van der Waals surface area contributed by atoms with Gasteiger partial charge in [0.1, 0.15) is 0 Å². The topological polar surface area (TPSA) is 43.8 Å². The number of nitrogens with zero attached hydrogens (tertiary/aromatic N) is 2. The first kappa shape index (κ1) is 8.10. The molecule has 2 N–H and O–H groups in total. The van der Waals surface area contributed by atoms with Gasteiger partial charge in [0.15, 0.2) is 0 Å². The Morgan fingerprint density at radius 2 is 2.23 bits per heavy atom. The summed E-state index contributed by atoms with van der Waals surface area (Å²) >= 11 is 0. The van der Waals surface area contributed by atoms with Crippen molar-refractivity contribution >= 4 is 16.6 Å². The molecule has 3 heteroatoms. The number of benzene rings is 1. The molecule has 0 aliphatic rings. The maximum atomic E-state index is 5.74. The molecule has 0 fully saturated rings. The number of anilines is 1. The normalized spacial score (nSPS) is 10.9. The highest BCUT2D eigenvalue weighted by Crippen LogP contribution is 2.21. The lowest BCUT2D eigenvalue weighted by atomic mass is 10.1. The quantitative estimate of drug-likeness (QED) is 0.673. The fourth-order valence-electron chi connectivity index (χ4n) is 1.72. The molecule has 13 heavy (non-hydrogen) atoms. The minimum absolute atomic E-state index is 0.806. The molecule has 0 amide bonds. The highest BCUT2D eigenvalue weighted by atomic mass is 15.3. The number of fused-ring (bicyclic) bond motifs is 1. The van der Waals surface area contributed by atoms with Crippen molar-refractivity contribution in [3.63, 3.8) is 0 Å². The van der Waals surface area contributed by atoms with Crippen molar-refractivity contribution in [1.29, 1.82) is 0 Å². The molecule has 0 aliphatic carbocycles. The van der Waals surface area contributed by atoms with Crippen LogP contribution in [0.25, 0.3) is 10.9 Å². The molecular weight excluding hydrogens is 162 g/mol. The van der Waals surface area contributed by atoms with Gasteiger partial charge in [0.05, 0.1) is 11.7 Å². The summed E-state index contributed by atoms with van der Waals surface area (Å²) < 4.78 is 1.99. The first-order valence-corrected chi connectivity index (χ1v) is 4.44. The van der Waals surface area contributed by atoms with Crippen LogP contribution in [0, 0.1) is 6.92 Å². The Morgan fingerprint density at radius 3 is 2.92 bits per heavy atom. The van der Waals surface area contributed by atoms with Gasteiger partial charge < -0.3 is 5.73 Å². The number of nitrogen functional groups attached to an aromatic ring is 1. The van der Waals surface area contributed by atoms with Crippen LogP contribution < -0.4 is 5.73 Å². The Balaban J connectivity index is 2.82. The number of rotatable bonds is 1. The molecule has 0 bridgehead atoms. The lowest BCUT2D eigenvalue weighted by Gasteiger charge is -2.03. The van der Waals surface area contributed by atoms with E-state index in [1.807, 2.05) is 23.0 Å². The highest BCUT2D eigenvalue weighted by Gasteiger charge is 2.04. The van der Waals surface area contributed by atoms with E-state index in [4.69, 9.17) is 5.73 Å². The minimum atomic E-state index is 0.806. The summed E-state index contributed by atoms with van der Waals surface area (Å²) in [4.78, 5) is 0. The van der Waals surface area contributed by atoms with Crippen molar-refractivity contribution in [2.45, 2.75) is 20.4 Å². The van der Waals surface area contributed by atoms with E-state index in [-0.39, 0.29) is 0 Å². The van der Waals surface area contributed by atoms with Gasteiger partial charge >= 0.3 is 0 Å². The van der Waals surface area contributed by atoms with Crippen molar-refractivity contribution < 1.29 is 0 Å². The van der Waals surface area contributed by atoms with Crippen LogP contribution in [-0.2, 0) is 6.54 Å². The van der Waals surface area contributed by atoms with Gasteiger partial charge in [0.25, 0.3) is 0 Å². The summed E-state index contributed by atoms with van der Waals surface area (Å²) in [5.41, 5.74) is 8.93. The Morgan fingerprint density at radius 1 is 1.46 bits per heavy atom. The molecule has 68 valence electrons. The monoisotopic (exact) mass is 175 g/mol. The first-order chi connectivity index (χ1) is 6.22. The van der Waals surface area contributed by atoms with Gasteiger partial charge in [-0.15, -0.1) is 0 Å². The minimum Gasteiger partial charge on any atom is -0.399 e. The zero-order valence-corrected chi connectivity index (χ0v) is 7.91. The maximum absolute atomic E-state index is 5.74. The zero-order valence-electron chi connectivity index (χ0n) is 7.91. The van der Waals surface area contributed by atoms with Crippen LogP contribution in [-0.4, -0.2) is 9.78 Å². The molecule has 1 aromatic carbocycles. The van der Waals surface area contributed by atoms with Gasteiger partial charge in [0.2, 0.25) is 0 Å². The smallest absolute Gasteiger partial charge is 0.0712 e. The van der Waals surface area contributed by atoms with Gasteiger partial charge in [0, 0.05) is 17.6 Å². The van der Waals surface area contributed by atoms with Gasteiger partial charge in [-0.1, -0.05) is 0 Å². The average Bonchev–Trinajstić information content (AvgIpc) is 2.47. The van der Waals surface area contributed by atoms with E-state index in [1.165, 1.54) is 11.1 Å². The second-order valence-electron chi connectivity index (χ2n) is 3.24. The van der Waals surface area contributed by atoms with Crippen LogP contribution in [0.1, 0.15) is 12.5 Å². The molecule has 2 rings (SSSR count). The Labute approximate surface area is 77.2 Å². The van der Waals surface area contributed by atoms with E-state index < -0.39 is 0 Å². The first-order valence-electron chi connectivity index (χ1n) is 4.44. The second kappa shape index (κ2) is 2.76. The Hall–Kier alpha value is -1.51. The van der Waals surface area contributed by atoms with E-state index in [0.29, 0.717) is 0 Å². The lowest BCUT2D eigenvalue weighted by Crippen LogP contribution is -1.97. The molecule has 0 aliphatic heterocycles. The Bertz CT molecular complexity index is 443. The number of hydrogen-bond acceptors (Lipinski definition) is 2. The van der Waals surface area contributed by atoms with Crippen LogP contribution in [0.15, 0.2) is 18.3 Å². The Kier molecular flexibility index (Phi) is 1.72. The van der Waals surface area contributed by atoms with E-state index >= 15 is 0 Å². The third-order valence-electron chi connectivity index (χ3n) is 2.25. The lowest BCUT2D eigenvalue weighted by molar-refractivity contribution is 0.682. The summed E-state index contributed by atoms with van der Waals surface area (Å²) in [6, 6.07) is 3.94. The number of hydrogen-bond donors (Lipinski definition) is 1. The van der Waals surface area contributed by atoms with Crippen LogP contribution in [0.5, 0.6) is 0 Å². The van der Waals surface area contributed by atoms with Crippen molar-refractivity contribution in [2.75, 3.05) is 5.73 Å². The van der Waals surface area contributed by atoms with E-state index in [2.05, 4.69) is 18.9 Å². The predicted octanol–water partition coefficient (Wildman–Crippen LogP) is 1.95. The zero-order chi connectivity index (χ0) is 9.42. The molecule has 1 heterocycles. The molecule has 0 radical (unpaired) electrons. The van der Waals surface area contributed by atoms with Crippen LogP contribution in [0.3, 0.4) is 0 Å². The average molecular weight is 175 g/mol. The molecule has 0 unspecified atom stereocenters. The predicted molar refractivity (Wildman–Crippen MR) is 54.6 cm³/mol. The molecule has 2 aromatic rings. The largest absolute Gasteiger partial charge is 0.399 e. The number of aromatic nitrogens is 2. The maximum Gasteiger partial charge on any atom is 0.0712 e. The molecule has 1 aromatic heterocycles. The third-order valence-corrected chi connectivity index (χ3v) is 2.25. The second-order valence-corrected chi connectivity index (χ2v) is 3.24. The van der Waals surface area contributed by atoms with Crippen LogP contribution >= 0.6 is 0 Å². The van der Waals surface area contributed by atoms with Gasteiger partial charge in [-0.2, -0.15) is 5.10 Å². The van der Waals surface area contributed by atoms with Gasteiger partial charge in [-0.25, -0.2) is 0 Å². The fraction of sp³-hybridized carbons (Fsp3) is 0.300. The van der Waals surface area contributed by atoms with E-state index in [9.17, 15) is 0 Å². The summed E-state index contributed by atoms with van der Waals surface area (Å²) in [6.45, 7) is 5.04.